The van der Waals surface area contributed by atoms with Crippen molar-refractivity contribution in [2.75, 3.05) is 0 Å². The molecular formula is C13H15N3O2. The number of carbonyl (C=O) groups is 1. The van der Waals surface area contributed by atoms with Crippen LogP contribution in [0.25, 0.3) is 11.5 Å². The smallest absolute Gasteiger partial charge is 0.285 e. The van der Waals surface area contributed by atoms with Gasteiger partial charge in [0.15, 0.2) is 0 Å². The van der Waals surface area contributed by atoms with Gasteiger partial charge < -0.3 is 10.2 Å². The van der Waals surface area contributed by atoms with Gasteiger partial charge in [0.2, 0.25) is 11.7 Å². The first kappa shape index (κ1) is 12.4. The van der Waals surface area contributed by atoms with Crippen LogP contribution in [0.3, 0.4) is 0 Å². The fourth-order valence-electron chi connectivity index (χ4n) is 1.47. The minimum Gasteiger partial charge on any atom is -0.414 e. The third-order valence-corrected chi connectivity index (χ3v) is 2.68. The second-order valence-corrected chi connectivity index (χ2v) is 4.41. The monoisotopic (exact) mass is 245 g/mol. The Kier molecular flexibility index (Phi) is 3.53. The van der Waals surface area contributed by atoms with E-state index in [1.54, 1.807) is 0 Å². The van der Waals surface area contributed by atoms with Crippen LogP contribution < -0.4 is 5.73 Å². The molecule has 5 nitrogen and oxygen atoms in total. The predicted molar refractivity (Wildman–Crippen MR) is 66.9 cm³/mol. The Bertz CT molecular complexity index is 534. The van der Waals surface area contributed by atoms with Crippen molar-refractivity contribution in [2.24, 2.45) is 11.7 Å². The molecule has 0 aliphatic heterocycles. The van der Waals surface area contributed by atoms with Gasteiger partial charge in [-0.05, 0) is 18.1 Å². The summed E-state index contributed by atoms with van der Waals surface area (Å²) in [6.45, 7) is 3.74. The molecule has 1 heterocycles. The van der Waals surface area contributed by atoms with Gasteiger partial charge in [-0.25, -0.2) is 0 Å². The second-order valence-electron chi connectivity index (χ2n) is 4.41. The van der Waals surface area contributed by atoms with Gasteiger partial charge in [-0.3, -0.25) is 4.79 Å². The lowest BCUT2D eigenvalue weighted by Crippen LogP contribution is -2.35. The minimum atomic E-state index is -0.617. The number of benzene rings is 1. The molecule has 0 saturated carbocycles. The molecule has 1 aromatic carbocycles. The summed E-state index contributed by atoms with van der Waals surface area (Å²) >= 11 is 0. The summed E-state index contributed by atoms with van der Waals surface area (Å²) in [5.74, 6) is 0.00853. The molecule has 2 rings (SSSR count). The molecule has 94 valence electrons. The molecule has 2 N–H and O–H groups in total. The van der Waals surface area contributed by atoms with Crippen LogP contribution in [0.1, 0.15) is 24.5 Å². The zero-order valence-corrected chi connectivity index (χ0v) is 10.3. The maximum Gasteiger partial charge on any atom is 0.285 e. The molecule has 0 radical (unpaired) electrons. The highest BCUT2D eigenvalue weighted by Gasteiger charge is 2.24. The summed E-state index contributed by atoms with van der Waals surface area (Å²) in [5.41, 5.74) is 6.54. The molecule has 0 fully saturated rings. The van der Waals surface area contributed by atoms with Crippen molar-refractivity contribution in [1.82, 2.24) is 10.2 Å². The first-order chi connectivity index (χ1) is 8.59. The van der Waals surface area contributed by atoms with Gasteiger partial charge in [0.1, 0.15) is 0 Å². The first-order valence-corrected chi connectivity index (χ1v) is 5.78. The number of Topliss-reactive ketones (excluding diaryl/α,β-unsaturated/α-hetero) is 1. The maximum absolute atomic E-state index is 11.9. The number of carbonyl (C=O) groups excluding carboxylic acids is 1. The van der Waals surface area contributed by atoms with Crippen LogP contribution in [0, 0.1) is 5.92 Å². The van der Waals surface area contributed by atoms with E-state index < -0.39 is 6.04 Å². The van der Waals surface area contributed by atoms with Gasteiger partial charge in [-0.15, -0.1) is 10.2 Å². The highest BCUT2D eigenvalue weighted by molar-refractivity contribution is 5.96. The van der Waals surface area contributed by atoms with Crippen LogP contribution in [-0.4, -0.2) is 22.0 Å². The van der Waals surface area contributed by atoms with Crippen molar-refractivity contribution in [2.45, 2.75) is 19.9 Å². The number of hydrogen-bond donors (Lipinski definition) is 1. The molecule has 0 bridgehead atoms. The largest absolute Gasteiger partial charge is 0.414 e. The number of nitrogens with zero attached hydrogens (tertiary/aromatic N) is 2. The summed E-state index contributed by atoms with van der Waals surface area (Å²) in [7, 11) is 0. The topological polar surface area (TPSA) is 82.0 Å². The highest BCUT2D eigenvalue weighted by atomic mass is 16.4. The van der Waals surface area contributed by atoms with E-state index in [0.717, 1.165) is 5.56 Å². The molecule has 0 amide bonds. The highest BCUT2D eigenvalue weighted by Crippen LogP contribution is 2.18. The van der Waals surface area contributed by atoms with Crippen molar-refractivity contribution >= 4 is 5.78 Å². The number of ketones is 1. The van der Waals surface area contributed by atoms with E-state index in [-0.39, 0.29) is 17.6 Å². The van der Waals surface area contributed by atoms with Gasteiger partial charge in [0.05, 0.1) is 6.04 Å². The average molecular weight is 245 g/mol. The molecule has 0 aliphatic rings. The fourth-order valence-corrected chi connectivity index (χ4v) is 1.47. The van der Waals surface area contributed by atoms with Crippen molar-refractivity contribution in [3.8, 4) is 11.5 Å². The Morgan fingerprint density at radius 2 is 1.89 bits per heavy atom. The second kappa shape index (κ2) is 5.10. The van der Waals surface area contributed by atoms with Crippen LogP contribution in [0.15, 0.2) is 34.7 Å². The average Bonchev–Trinajstić information content (AvgIpc) is 2.87. The van der Waals surface area contributed by atoms with Crippen LogP contribution in [0.5, 0.6) is 0 Å². The van der Waals surface area contributed by atoms with Crippen molar-refractivity contribution < 1.29 is 9.21 Å². The zero-order valence-electron chi connectivity index (χ0n) is 10.3. The van der Waals surface area contributed by atoms with Crippen molar-refractivity contribution in [3.63, 3.8) is 0 Å². The van der Waals surface area contributed by atoms with E-state index in [1.807, 2.05) is 44.2 Å². The first-order valence-electron chi connectivity index (χ1n) is 5.78. The normalized spacial score (nSPS) is 12.7. The van der Waals surface area contributed by atoms with Crippen molar-refractivity contribution in [3.05, 3.63) is 36.2 Å². The molecule has 5 heteroatoms. The molecule has 1 unspecified atom stereocenters. The predicted octanol–water partition coefficient (Wildman–Crippen LogP) is 1.90. The van der Waals surface area contributed by atoms with Gasteiger partial charge in [-0.1, -0.05) is 32.0 Å². The summed E-state index contributed by atoms with van der Waals surface area (Å²) in [6.07, 6.45) is 0. The standard InChI is InChI=1S/C13H15N3O2/c1-8(2)10(14)11(17)13-16-15-12(18-13)9-6-4-3-5-7-9/h3-8,10H,14H2,1-2H3. The van der Waals surface area contributed by atoms with Gasteiger partial charge in [0.25, 0.3) is 5.89 Å². The van der Waals surface area contributed by atoms with E-state index >= 15 is 0 Å². The number of aromatic nitrogens is 2. The molecule has 0 aliphatic carbocycles. The van der Waals surface area contributed by atoms with Crippen LogP contribution in [0.2, 0.25) is 0 Å². The summed E-state index contributed by atoms with van der Waals surface area (Å²) in [4.78, 5) is 11.9. The molecule has 1 aromatic heterocycles. The van der Waals surface area contributed by atoms with Crippen LogP contribution >= 0.6 is 0 Å². The maximum atomic E-state index is 11.9. The lowest BCUT2D eigenvalue weighted by atomic mass is 10.0. The molecule has 18 heavy (non-hydrogen) atoms. The fraction of sp³-hybridized carbons (Fsp3) is 0.308. The Hall–Kier alpha value is -2.01. The Morgan fingerprint density at radius 3 is 2.50 bits per heavy atom. The lowest BCUT2D eigenvalue weighted by molar-refractivity contribution is 0.0906. The SMILES string of the molecule is CC(C)C(N)C(=O)c1nnc(-c2ccccc2)o1. The molecule has 2 aromatic rings. The van der Waals surface area contributed by atoms with E-state index in [0.29, 0.717) is 5.89 Å². The van der Waals surface area contributed by atoms with Crippen LogP contribution in [-0.2, 0) is 0 Å². The Labute approximate surface area is 105 Å². The van der Waals surface area contributed by atoms with Gasteiger partial charge in [-0.2, -0.15) is 0 Å². The van der Waals surface area contributed by atoms with Crippen molar-refractivity contribution in [1.29, 1.82) is 0 Å². The lowest BCUT2D eigenvalue weighted by Gasteiger charge is -2.10. The molecule has 0 saturated heterocycles. The minimum absolute atomic E-state index is 0.0320. The third-order valence-electron chi connectivity index (χ3n) is 2.68. The zero-order chi connectivity index (χ0) is 13.1. The third kappa shape index (κ3) is 2.46. The Morgan fingerprint density at radius 1 is 1.22 bits per heavy atom. The van der Waals surface area contributed by atoms with Gasteiger partial charge in [0, 0.05) is 5.56 Å². The number of nitrogens with two attached hydrogens (primary N) is 1. The summed E-state index contributed by atoms with van der Waals surface area (Å²) in [6, 6.07) is 8.67. The number of hydrogen-bond acceptors (Lipinski definition) is 5. The summed E-state index contributed by atoms with van der Waals surface area (Å²) in [5, 5.41) is 7.61. The van der Waals surface area contributed by atoms with E-state index in [9.17, 15) is 4.79 Å². The molecule has 1 atom stereocenters. The quantitative estimate of drug-likeness (QED) is 0.832. The van der Waals surface area contributed by atoms with Crippen LogP contribution in [0.4, 0.5) is 0 Å². The molecular weight excluding hydrogens is 230 g/mol. The van der Waals surface area contributed by atoms with E-state index in [4.69, 9.17) is 10.2 Å². The van der Waals surface area contributed by atoms with E-state index in [2.05, 4.69) is 10.2 Å². The van der Waals surface area contributed by atoms with Gasteiger partial charge >= 0.3 is 0 Å². The Balaban J connectivity index is 2.24. The summed E-state index contributed by atoms with van der Waals surface area (Å²) < 4.78 is 5.35. The molecule has 0 spiro atoms. The number of rotatable bonds is 4. The van der Waals surface area contributed by atoms with E-state index in [1.165, 1.54) is 0 Å².